The fourth-order valence-electron chi connectivity index (χ4n) is 5.10. The van der Waals surface area contributed by atoms with Crippen LogP contribution in [0.1, 0.15) is 58.2 Å². The summed E-state index contributed by atoms with van der Waals surface area (Å²) in [5, 5.41) is 18.8. The van der Waals surface area contributed by atoms with Gasteiger partial charge in [-0.3, -0.25) is 4.79 Å². The van der Waals surface area contributed by atoms with Gasteiger partial charge >= 0.3 is 5.97 Å². The van der Waals surface area contributed by atoms with E-state index in [9.17, 15) is 18.5 Å². The largest absolute Gasteiger partial charge is 0.492 e. The standard InChI is InChI=1S/C28H25NO6S/c1-36(32,33)21-6-2-17(3-7-21)12-25-18(15-29)4-8-24-23(25)10-11-26(24)35-20-5-9-22-19(13-28(30)31)16-34-27(22)14-20/h2-9,14,19,26H,10-13,16H2,1H3,(H,30,31)/t19-,26-/m1/s1. The van der Waals surface area contributed by atoms with E-state index in [0.717, 1.165) is 40.7 Å². The molecule has 0 saturated heterocycles. The van der Waals surface area contributed by atoms with Gasteiger partial charge in [-0.2, -0.15) is 5.26 Å². The van der Waals surface area contributed by atoms with Gasteiger partial charge in [0.05, 0.1) is 29.6 Å². The Morgan fingerprint density at radius 3 is 2.58 bits per heavy atom. The highest BCUT2D eigenvalue weighted by Crippen LogP contribution is 2.42. The summed E-state index contributed by atoms with van der Waals surface area (Å²) in [5.41, 5.74) is 5.52. The van der Waals surface area contributed by atoms with Crippen LogP contribution in [-0.4, -0.2) is 32.4 Å². The number of aliphatic carboxylic acids is 1. The van der Waals surface area contributed by atoms with E-state index in [-0.39, 0.29) is 23.3 Å². The quantitative estimate of drug-likeness (QED) is 0.502. The number of hydrogen-bond acceptors (Lipinski definition) is 6. The lowest BCUT2D eigenvalue weighted by Gasteiger charge is -2.17. The summed E-state index contributed by atoms with van der Waals surface area (Å²) in [6.45, 7) is 0.350. The van der Waals surface area contributed by atoms with E-state index in [1.54, 1.807) is 24.3 Å². The van der Waals surface area contributed by atoms with Crippen molar-refractivity contribution in [2.45, 2.75) is 42.6 Å². The summed E-state index contributed by atoms with van der Waals surface area (Å²) in [6.07, 6.45) is 3.11. The van der Waals surface area contributed by atoms with Gasteiger partial charge in [-0.05, 0) is 65.8 Å². The minimum Gasteiger partial charge on any atom is -0.492 e. The first kappa shape index (κ1) is 23.9. The molecule has 0 radical (unpaired) electrons. The van der Waals surface area contributed by atoms with Gasteiger partial charge < -0.3 is 14.6 Å². The van der Waals surface area contributed by atoms with Gasteiger partial charge in [-0.25, -0.2) is 8.42 Å². The zero-order valence-electron chi connectivity index (χ0n) is 19.7. The number of nitrogens with zero attached hydrogens (tertiary/aromatic N) is 1. The average Bonchev–Trinajstić information content (AvgIpc) is 3.43. The number of nitriles is 1. The number of carbonyl (C=O) groups is 1. The van der Waals surface area contributed by atoms with Crippen molar-refractivity contribution in [2.24, 2.45) is 0 Å². The first-order valence-corrected chi connectivity index (χ1v) is 13.6. The molecule has 0 saturated carbocycles. The van der Waals surface area contributed by atoms with E-state index in [2.05, 4.69) is 6.07 Å². The van der Waals surface area contributed by atoms with E-state index < -0.39 is 15.8 Å². The lowest BCUT2D eigenvalue weighted by molar-refractivity contribution is -0.137. The lowest BCUT2D eigenvalue weighted by Crippen LogP contribution is -2.07. The summed E-state index contributed by atoms with van der Waals surface area (Å²) in [7, 11) is -3.27. The zero-order valence-corrected chi connectivity index (χ0v) is 20.5. The first-order chi connectivity index (χ1) is 17.2. The molecule has 1 aliphatic heterocycles. The predicted octanol–water partition coefficient (Wildman–Crippen LogP) is 4.57. The molecule has 36 heavy (non-hydrogen) atoms. The molecule has 0 unspecified atom stereocenters. The van der Waals surface area contributed by atoms with Crippen molar-refractivity contribution in [1.82, 2.24) is 0 Å². The number of hydrogen-bond donors (Lipinski definition) is 1. The number of sulfone groups is 1. The molecule has 3 aromatic rings. The molecule has 2 aliphatic rings. The van der Waals surface area contributed by atoms with Gasteiger partial charge in [0.1, 0.15) is 17.6 Å². The summed E-state index contributed by atoms with van der Waals surface area (Å²) in [4.78, 5) is 11.4. The van der Waals surface area contributed by atoms with E-state index in [1.807, 2.05) is 30.3 Å². The molecule has 7 nitrogen and oxygen atoms in total. The Labute approximate surface area is 209 Å². The summed E-state index contributed by atoms with van der Waals surface area (Å²) >= 11 is 0. The normalized spacial score (nSPS) is 18.1. The minimum absolute atomic E-state index is 0.0319. The minimum atomic E-state index is -3.27. The number of carboxylic acid groups (broad SMARTS) is 1. The smallest absolute Gasteiger partial charge is 0.304 e. The van der Waals surface area contributed by atoms with Crippen molar-refractivity contribution < 1.29 is 27.8 Å². The molecule has 0 bridgehead atoms. The predicted molar refractivity (Wildman–Crippen MR) is 132 cm³/mol. The number of rotatable bonds is 7. The van der Waals surface area contributed by atoms with Crippen molar-refractivity contribution in [3.63, 3.8) is 0 Å². The maximum Gasteiger partial charge on any atom is 0.304 e. The van der Waals surface area contributed by atoms with Gasteiger partial charge in [-0.15, -0.1) is 0 Å². The third-order valence-electron chi connectivity index (χ3n) is 6.89. The highest BCUT2D eigenvalue weighted by Gasteiger charge is 2.30. The van der Waals surface area contributed by atoms with Crippen molar-refractivity contribution in [2.75, 3.05) is 12.9 Å². The second-order valence-corrected chi connectivity index (χ2v) is 11.3. The molecule has 1 heterocycles. The van der Waals surface area contributed by atoms with Crippen LogP contribution in [-0.2, 0) is 27.5 Å². The Morgan fingerprint density at radius 1 is 1.14 bits per heavy atom. The number of benzene rings is 3. The zero-order chi connectivity index (χ0) is 25.4. The van der Waals surface area contributed by atoms with Crippen LogP contribution in [0.5, 0.6) is 11.5 Å². The molecule has 0 aromatic heterocycles. The van der Waals surface area contributed by atoms with Crippen LogP contribution < -0.4 is 9.47 Å². The Kier molecular flexibility index (Phi) is 6.19. The Hall–Kier alpha value is -3.83. The molecule has 5 rings (SSSR count). The van der Waals surface area contributed by atoms with Gasteiger partial charge in [0.2, 0.25) is 0 Å². The van der Waals surface area contributed by atoms with Crippen LogP contribution in [0.4, 0.5) is 0 Å². The molecule has 0 fully saturated rings. The Bertz CT molecular complexity index is 1490. The van der Waals surface area contributed by atoms with Gasteiger partial charge in [0.25, 0.3) is 0 Å². The molecule has 1 aliphatic carbocycles. The van der Waals surface area contributed by atoms with Crippen molar-refractivity contribution in [3.05, 3.63) is 88.0 Å². The molecular weight excluding hydrogens is 478 g/mol. The fraction of sp³-hybridized carbons (Fsp3) is 0.286. The van der Waals surface area contributed by atoms with Crippen molar-refractivity contribution in [3.8, 4) is 17.6 Å². The molecule has 0 amide bonds. The molecular formula is C28H25NO6S. The van der Waals surface area contributed by atoms with Crippen LogP contribution >= 0.6 is 0 Å². The number of fused-ring (bicyclic) bond motifs is 2. The monoisotopic (exact) mass is 503 g/mol. The van der Waals surface area contributed by atoms with Crippen molar-refractivity contribution in [1.29, 1.82) is 5.26 Å². The summed E-state index contributed by atoms with van der Waals surface area (Å²) < 4.78 is 35.6. The summed E-state index contributed by atoms with van der Waals surface area (Å²) in [5.74, 6) is 0.315. The highest BCUT2D eigenvalue weighted by atomic mass is 32.2. The third-order valence-corrected chi connectivity index (χ3v) is 8.02. The topological polar surface area (TPSA) is 114 Å². The van der Waals surface area contributed by atoms with E-state index >= 15 is 0 Å². The number of ether oxygens (including phenoxy) is 2. The molecule has 8 heteroatoms. The molecule has 184 valence electrons. The SMILES string of the molecule is CS(=O)(=O)c1ccc(Cc2c(C#N)ccc3c2CC[C@H]3Oc2ccc3c(c2)OC[C@H]3CC(=O)O)cc1. The third kappa shape index (κ3) is 4.67. The molecule has 0 spiro atoms. The molecule has 2 atom stereocenters. The average molecular weight is 504 g/mol. The van der Waals surface area contributed by atoms with Crippen LogP contribution in [0.2, 0.25) is 0 Å². The van der Waals surface area contributed by atoms with Gasteiger partial charge in [-0.1, -0.05) is 24.3 Å². The van der Waals surface area contributed by atoms with Gasteiger partial charge in [0.15, 0.2) is 9.84 Å². The van der Waals surface area contributed by atoms with E-state index in [1.165, 1.54) is 6.26 Å². The van der Waals surface area contributed by atoms with E-state index in [4.69, 9.17) is 14.6 Å². The van der Waals surface area contributed by atoms with Gasteiger partial charge in [0, 0.05) is 23.8 Å². The molecule has 3 aromatic carbocycles. The van der Waals surface area contributed by atoms with Crippen molar-refractivity contribution >= 4 is 15.8 Å². The van der Waals surface area contributed by atoms with Crippen LogP contribution in [0.3, 0.4) is 0 Å². The second kappa shape index (κ2) is 9.32. The lowest BCUT2D eigenvalue weighted by atomic mass is 9.92. The Balaban J connectivity index is 1.38. The van der Waals surface area contributed by atoms with E-state index in [0.29, 0.717) is 30.1 Å². The molecule has 1 N–H and O–H groups in total. The van der Waals surface area contributed by atoms with Crippen LogP contribution in [0.15, 0.2) is 59.5 Å². The fourth-order valence-corrected chi connectivity index (χ4v) is 5.73. The number of carboxylic acids is 1. The first-order valence-electron chi connectivity index (χ1n) is 11.7. The maximum atomic E-state index is 11.8. The maximum absolute atomic E-state index is 11.8. The second-order valence-electron chi connectivity index (χ2n) is 9.31. The summed E-state index contributed by atoms with van der Waals surface area (Å²) in [6, 6.07) is 18.4. The van der Waals surface area contributed by atoms with Crippen LogP contribution in [0.25, 0.3) is 0 Å². The highest BCUT2D eigenvalue weighted by molar-refractivity contribution is 7.90. The van der Waals surface area contributed by atoms with Crippen LogP contribution in [0, 0.1) is 11.3 Å². The Morgan fingerprint density at radius 2 is 1.89 bits per heavy atom.